The van der Waals surface area contributed by atoms with Crippen molar-refractivity contribution in [2.24, 2.45) is 11.7 Å². The minimum atomic E-state index is -0.250. The quantitative estimate of drug-likeness (QED) is 0.611. The van der Waals surface area contributed by atoms with Crippen molar-refractivity contribution >= 4 is 47.8 Å². The second-order valence-electron chi connectivity index (χ2n) is 7.78. The first-order valence-electron chi connectivity index (χ1n) is 9.97. The lowest BCUT2D eigenvalue weighted by Crippen LogP contribution is -2.50. The molecule has 1 amide bonds. The number of piperazine rings is 1. The van der Waals surface area contributed by atoms with Gasteiger partial charge in [-0.05, 0) is 25.0 Å². The van der Waals surface area contributed by atoms with Gasteiger partial charge in [-0.25, -0.2) is 9.67 Å². The second-order valence-corrected chi connectivity index (χ2v) is 7.78. The van der Waals surface area contributed by atoms with E-state index in [9.17, 15) is 4.79 Å². The maximum atomic E-state index is 12.8. The molecule has 3 aromatic rings. The number of amides is 1. The van der Waals surface area contributed by atoms with E-state index in [-0.39, 0.29) is 49.2 Å². The number of para-hydroxylation sites is 2. The average molecular weight is 470 g/mol. The smallest absolute Gasteiger partial charge is 0.298 e. The highest BCUT2D eigenvalue weighted by Crippen LogP contribution is 2.23. The van der Waals surface area contributed by atoms with Crippen molar-refractivity contribution in [1.29, 1.82) is 0 Å². The van der Waals surface area contributed by atoms with E-state index in [0.29, 0.717) is 43.8 Å². The first-order valence-corrected chi connectivity index (χ1v) is 9.97. The molecule has 1 aliphatic rings. The predicted octanol–water partition coefficient (Wildman–Crippen LogP) is 2.58. The maximum Gasteiger partial charge on any atom is 0.298 e. The van der Waals surface area contributed by atoms with Gasteiger partial charge < -0.3 is 20.0 Å². The zero-order chi connectivity index (χ0) is 20.5. The lowest BCUT2D eigenvalue weighted by atomic mass is 10.1. The molecule has 1 saturated heterocycles. The molecule has 31 heavy (non-hydrogen) atoms. The normalized spacial score (nSPS) is 15.0. The Labute approximate surface area is 193 Å². The Hall–Kier alpha value is -2.36. The molecule has 0 radical (unpaired) electrons. The van der Waals surface area contributed by atoms with Gasteiger partial charge in [0.2, 0.25) is 5.91 Å². The number of nitrogens with two attached hydrogens (primary N) is 1. The van der Waals surface area contributed by atoms with Gasteiger partial charge in [-0.15, -0.1) is 24.8 Å². The van der Waals surface area contributed by atoms with Gasteiger partial charge in [0, 0.05) is 26.2 Å². The lowest BCUT2D eigenvalue weighted by Gasteiger charge is -2.34. The van der Waals surface area contributed by atoms with E-state index < -0.39 is 0 Å². The Morgan fingerprint density at radius 3 is 2.45 bits per heavy atom. The summed E-state index contributed by atoms with van der Waals surface area (Å²) in [5.74, 6) is 1.53. The van der Waals surface area contributed by atoms with Crippen LogP contribution in [0, 0.1) is 12.8 Å². The summed E-state index contributed by atoms with van der Waals surface area (Å²) in [7, 11) is 0. The zero-order valence-corrected chi connectivity index (χ0v) is 19.5. The van der Waals surface area contributed by atoms with Gasteiger partial charge in [0.15, 0.2) is 5.58 Å². The molecule has 9 nitrogen and oxygen atoms in total. The SMILES string of the molecule is Cc1nc([C@@H](N)C(C)C)n(CC(=O)N2CCN(c3nc4ccccc4o3)CC2)n1.Cl.Cl. The summed E-state index contributed by atoms with van der Waals surface area (Å²) in [6, 6.07) is 8.07. The molecule has 3 heterocycles. The van der Waals surface area contributed by atoms with Crippen molar-refractivity contribution in [3.63, 3.8) is 0 Å². The van der Waals surface area contributed by atoms with Crippen LogP contribution in [0.3, 0.4) is 0 Å². The molecule has 1 aliphatic heterocycles. The number of aryl methyl sites for hydroxylation is 1. The number of hydrogen-bond donors (Lipinski definition) is 1. The van der Waals surface area contributed by atoms with E-state index in [1.165, 1.54) is 0 Å². The van der Waals surface area contributed by atoms with Gasteiger partial charge in [-0.1, -0.05) is 26.0 Å². The van der Waals surface area contributed by atoms with Crippen LogP contribution in [0.25, 0.3) is 11.1 Å². The lowest BCUT2D eigenvalue weighted by molar-refractivity contribution is -0.132. The molecule has 0 bridgehead atoms. The molecule has 1 aromatic carbocycles. The van der Waals surface area contributed by atoms with Crippen molar-refractivity contribution in [2.45, 2.75) is 33.4 Å². The van der Waals surface area contributed by atoms with Gasteiger partial charge >= 0.3 is 0 Å². The van der Waals surface area contributed by atoms with E-state index in [2.05, 4.69) is 20.0 Å². The number of benzene rings is 1. The van der Waals surface area contributed by atoms with E-state index in [1.54, 1.807) is 4.68 Å². The topological polar surface area (TPSA) is 106 Å². The van der Waals surface area contributed by atoms with Crippen LogP contribution in [-0.4, -0.2) is 56.7 Å². The molecule has 170 valence electrons. The van der Waals surface area contributed by atoms with Gasteiger partial charge in [0.1, 0.15) is 23.7 Å². The van der Waals surface area contributed by atoms with Crippen LogP contribution in [0.1, 0.15) is 31.5 Å². The van der Waals surface area contributed by atoms with Crippen LogP contribution in [0.5, 0.6) is 0 Å². The van der Waals surface area contributed by atoms with Gasteiger partial charge in [-0.3, -0.25) is 4.79 Å². The molecule has 1 fully saturated rings. The van der Waals surface area contributed by atoms with E-state index in [0.717, 1.165) is 11.1 Å². The molecular weight excluding hydrogens is 441 g/mol. The number of oxazole rings is 1. The summed E-state index contributed by atoms with van der Waals surface area (Å²) in [6.07, 6.45) is 0. The van der Waals surface area contributed by atoms with Crippen molar-refractivity contribution in [3.05, 3.63) is 35.9 Å². The summed E-state index contributed by atoms with van der Waals surface area (Å²) >= 11 is 0. The molecule has 4 rings (SSSR count). The fraction of sp³-hybridized carbons (Fsp3) is 0.500. The van der Waals surface area contributed by atoms with E-state index >= 15 is 0 Å². The minimum absolute atomic E-state index is 0. The van der Waals surface area contributed by atoms with Gasteiger partial charge in [-0.2, -0.15) is 10.1 Å². The minimum Gasteiger partial charge on any atom is -0.423 e. The highest BCUT2D eigenvalue weighted by molar-refractivity contribution is 5.85. The first-order chi connectivity index (χ1) is 13.9. The zero-order valence-electron chi connectivity index (χ0n) is 17.9. The molecule has 2 aromatic heterocycles. The average Bonchev–Trinajstić information content (AvgIpc) is 3.30. The second kappa shape index (κ2) is 10.3. The number of halogens is 2. The maximum absolute atomic E-state index is 12.8. The number of carbonyl (C=O) groups is 1. The van der Waals surface area contributed by atoms with Crippen LogP contribution >= 0.6 is 24.8 Å². The van der Waals surface area contributed by atoms with Crippen molar-refractivity contribution in [1.82, 2.24) is 24.6 Å². The van der Waals surface area contributed by atoms with Gasteiger partial charge in [0.05, 0.1) is 6.04 Å². The number of aromatic nitrogens is 4. The molecular formula is C20H29Cl2N7O2. The molecule has 0 saturated carbocycles. The number of fused-ring (bicyclic) bond motifs is 1. The highest BCUT2D eigenvalue weighted by atomic mass is 35.5. The van der Waals surface area contributed by atoms with E-state index in [4.69, 9.17) is 10.2 Å². The Morgan fingerprint density at radius 2 is 1.81 bits per heavy atom. The Kier molecular flexibility index (Phi) is 8.27. The summed E-state index contributed by atoms with van der Waals surface area (Å²) in [6.45, 7) is 8.60. The van der Waals surface area contributed by atoms with Crippen molar-refractivity contribution in [2.75, 3.05) is 31.1 Å². The summed E-state index contributed by atoms with van der Waals surface area (Å²) in [5.41, 5.74) is 7.87. The van der Waals surface area contributed by atoms with Crippen molar-refractivity contribution in [3.8, 4) is 0 Å². The van der Waals surface area contributed by atoms with Crippen LogP contribution in [-0.2, 0) is 11.3 Å². The predicted molar refractivity (Wildman–Crippen MR) is 124 cm³/mol. The third kappa shape index (κ3) is 5.28. The Balaban J connectivity index is 0.00000171. The number of rotatable bonds is 5. The van der Waals surface area contributed by atoms with Crippen molar-refractivity contribution < 1.29 is 9.21 Å². The molecule has 0 unspecified atom stereocenters. The molecule has 0 spiro atoms. The summed E-state index contributed by atoms with van der Waals surface area (Å²) in [4.78, 5) is 25.7. The Morgan fingerprint density at radius 1 is 1.13 bits per heavy atom. The molecule has 2 N–H and O–H groups in total. The highest BCUT2D eigenvalue weighted by Gasteiger charge is 2.26. The standard InChI is InChI=1S/C20H27N7O2.2ClH/c1-13(2)18(21)19-22-14(3)24-27(19)12-17(28)25-8-10-26(11-9-25)20-23-15-6-4-5-7-16(15)29-20;;/h4-7,13,18H,8-12,21H2,1-3H3;2*1H/t18-;;/m0../s1. The van der Waals surface area contributed by atoms with Gasteiger partial charge in [0.25, 0.3) is 6.01 Å². The summed E-state index contributed by atoms with van der Waals surface area (Å²) in [5, 5.41) is 4.38. The number of nitrogens with zero attached hydrogens (tertiary/aromatic N) is 6. The molecule has 1 atom stereocenters. The fourth-order valence-electron chi connectivity index (χ4n) is 3.50. The molecule has 11 heteroatoms. The van der Waals surface area contributed by atoms with Crippen LogP contribution in [0.2, 0.25) is 0 Å². The van der Waals surface area contributed by atoms with Crippen LogP contribution < -0.4 is 10.6 Å². The molecule has 0 aliphatic carbocycles. The fourth-order valence-corrected chi connectivity index (χ4v) is 3.50. The largest absolute Gasteiger partial charge is 0.423 e. The van der Waals surface area contributed by atoms with Crippen LogP contribution in [0.15, 0.2) is 28.7 Å². The summed E-state index contributed by atoms with van der Waals surface area (Å²) < 4.78 is 7.49. The number of carbonyl (C=O) groups excluding carboxylic acids is 1. The third-order valence-electron chi connectivity index (χ3n) is 5.29. The van der Waals surface area contributed by atoms with Crippen LogP contribution in [0.4, 0.5) is 6.01 Å². The monoisotopic (exact) mass is 469 g/mol. The number of anilines is 1. The Bertz CT molecular complexity index is 979. The first kappa shape index (κ1) is 24.9. The number of hydrogen-bond acceptors (Lipinski definition) is 7. The van der Waals surface area contributed by atoms with E-state index in [1.807, 2.05) is 49.9 Å². The third-order valence-corrected chi connectivity index (χ3v) is 5.29.